The molecule has 3 aliphatic rings. The first-order valence-electron chi connectivity index (χ1n) is 9.19. The Morgan fingerprint density at radius 2 is 2.17 bits per heavy atom. The molecule has 4 atom stereocenters. The van der Waals surface area contributed by atoms with Gasteiger partial charge in [0.15, 0.2) is 0 Å². The minimum atomic E-state index is 0.0319. The molecule has 1 aromatic rings. The molecule has 1 aromatic heterocycles. The second-order valence-corrected chi connectivity index (χ2v) is 8.78. The zero-order valence-corrected chi connectivity index (χ0v) is 15.6. The Balaban J connectivity index is 1.62. The van der Waals surface area contributed by atoms with Crippen LogP contribution in [-0.2, 0) is 16.8 Å². The molecule has 3 saturated heterocycles. The summed E-state index contributed by atoms with van der Waals surface area (Å²) in [7, 11) is 0. The third-order valence-corrected chi connectivity index (χ3v) is 5.35. The van der Waals surface area contributed by atoms with Crippen LogP contribution in [-0.4, -0.2) is 51.0 Å². The molecule has 1 unspecified atom stereocenters. The second-order valence-electron chi connectivity index (χ2n) is 8.78. The predicted molar refractivity (Wildman–Crippen MR) is 93.6 cm³/mol. The van der Waals surface area contributed by atoms with E-state index in [9.17, 15) is 4.79 Å². The van der Waals surface area contributed by atoms with Crippen LogP contribution in [0.15, 0.2) is 6.20 Å². The summed E-state index contributed by atoms with van der Waals surface area (Å²) in [4.78, 5) is 14.9. The van der Waals surface area contributed by atoms with Crippen LogP contribution in [0.3, 0.4) is 0 Å². The number of carbonyl (C=O) groups is 1. The van der Waals surface area contributed by atoms with Crippen LogP contribution in [0.4, 0.5) is 0 Å². The van der Waals surface area contributed by atoms with Crippen LogP contribution < -0.4 is 5.32 Å². The lowest BCUT2D eigenvalue weighted by Crippen LogP contribution is -2.58. The number of amides is 1. The Hall–Kier alpha value is -1.43. The van der Waals surface area contributed by atoms with Crippen molar-refractivity contribution < 1.29 is 4.79 Å². The first-order chi connectivity index (χ1) is 11.2. The average Bonchev–Trinajstić information content (AvgIpc) is 2.96. The highest BCUT2D eigenvalue weighted by Crippen LogP contribution is 2.37. The Bertz CT molecular complexity index is 588. The van der Waals surface area contributed by atoms with E-state index in [0.717, 1.165) is 38.2 Å². The predicted octanol–water partition coefficient (Wildman–Crippen LogP) is 1.81. The zero-order valence-electron chi connectivity index (χ0n) is 15.6. The summed E-state index contributed by atoms with van der Waals surface area (Å²) in [5.74, 6) is 0.886. The van der Waals surface area contributed by atoms with E-state index in [1.807, 2.05) is 18.5 Å². The van der Waals surface area contributed by atoms with Gasteiger partial charge in [-0.25, -0.2) is 0 Å². The van der Waals surface area contributed by atoms with E-state index >= 15 is 0 Å². The van der Waals surface area contributed by atoms with Gasteiger partial charge in [0.1, 0.15) is 0 Å². The second kappa shape index (κ2) is 6.47. The fourth-order valence-corrected chi connectivity index (χ4v) is 3.96. The summed E-state index contributed by atoms with van der Waals surface area (Å²) in [5.41, 5.74) is 1.07. The van der Waals surface area contributed by atoms with E-state index in [1.54, 1.807) is 0 Å². The van der Waals surface area contributed by atoms with Crippen molar-refractivity contribution in [2.75, 3.05) is 13.1 Å². The Morgan fingerprint density at radius 3 is 2.71 bits per heavy atom. The maximum atomic E-state index is 12.4. The van der Waals surface area contributed by atoms with Crippen molar-refractivity contribution in [2.24, 2.45) is 11.8 Å². The molecule has 134 valence electrons. The number of nitrogens with zero attached hydrogens (tertiary/aromatic N) is 4. The minimum absolute atomic E-state index is 0.0319. The number of hydrogen-bond acceptors (Lipinski definition) is 4. The lowest BCUT2D eigenvalue weighted by molar-refractivity contribution is -0.133. The van der Waals surface area contributed by atoms with Crippen molar-refractivity contribution in [2.45, 2.75) is 71.5 Å². The van der Waals surface area contributed by atoms with E-state index in [4.69, 9.17) is 0 Å². The third kappa shape index (κ3) is 3.63. The number of nitrogens with one attached hydrogen (secondary N) is 1. The molecule has 4 heterocycles. The molecule has 0 aliphatic carbocycles. The van der Waals surface area contributed by atoms with Gasteiger partial charge >= 0.3 is 0 Å². The van der Waals surface area contributed by atoms with Gasteiger partial charge in [-0.2, -0.15) is 0 Å². The largest absolute Gasteiger partial charge is 0.354 e. The fraction of sp³-hybridized carbons (Fsp3) is 0.833. The van der Waals surface area contributed by atoms with Crippen LogP contribution in [0.2, 0.25) is 0 Å². The summed E-state index contributed by atoms with van der Waals surface area (Å²) in [6.45, 7) is 13.4. The first-order valence-corrected chi connectivity index (χ1v) is 9.19. The number of piperidine rings is 3. The van der Waals surface area contributed by atoms with Gasteiger partial charge in [-0.3, -0.25) is 14.4 Å². The molecule has 3 fully saturated rings. The summed E-state index contributed by atoms with van der Waals surface area (Å²) < 4.78 is 1.98. The lowest BCUT2D eigenvalue weighted by Gasteiger charge is -2.49. The lowest BCUT2D eigenvalue weighted by atomic mass is 9.75. The SMILES string of the molecule is CC(C)NC(=O)[C@H]1CN2CC[C@H]1C[C@@H]2Cn1cc(C(C)(C)C)nn1. The third-order valence-electron chi connectivity index (χ3n) is 5.35. The van der Waals surface area contributed by atoms with Crippen molar-refractivity contribution in [3.63, 3.8) is 0 Å². The Kier molecular flexibility index (Phi) is 4.69. The van der Waals surface area contributed by atoms with Gasteiger partial charge in [-0.05, 0) is 39.2 Å². The van der Waals surface area contributed by atoms with Gasteiger partial charge in [0.25, 0.3) is 0 Å². The van der Waals surface area contributed by atoms with Crippen LogP contribution >= 0.6 is 0 Å². The number of hydrogen-bond donors (Lipinski definition) is 1. The summed E-state index contributed by atoms with van der Waals surface area (Å²) in [5, 5.41) is 11.7. The molecule has 6 nitrogen and oxygen atoms in total. The van der Waals surface area contributed by atoms with Gasteiger partial charge in [0.05, 0.1) is 18.2 Å². The van der Waals surface area contributed by atoms with Crippen LogP contribution in [0, 0.1) is 11.8 Å². The quantitative estimate of drug-likeness (QED) is 0.913. The van der Waals surface area contributed by atoms with Crippen LogP contribution in [0.5, 0.6) is 0 Å². The van der Waals surface area contributed by atoms with Crippen molar-refractivity contribution in [1.82, 2.24) is 25.2 Å². The van der Waals surface area contributed by atoms with Gasteiger partial charge in [-0.15, -0.1) is 5.10 Å². The zero-order chi connectivity index (χ0) is 17.5. The van der Waals surface area contributed by atoms with Crippen molar-refractivity contribution in [3.05, 3.63) is 11.9 Å². The Morgan fingerprint density at radius 1 is 1.42 bits per heavy atom. The molecule has 3 aliphatic heterocycles. The molecule has 0 radical (unpaired) electrons. The number of rotatable bonds is 4. The molecule has 0 aromatic carbocycles. The summed E-state index contributed by atoms with van der Waals surface area (Å²) in [6.07, 6.45) is 4.30. The molecule has 24 heavy (non-hydrogen) atoms. The minimum Gasteiger partial charge on any atom is -0.354 e. The smallest absolute Gasteiger partial charge is 0.224 e. The molecule has 0 spiro atoms. The molecule has 1 amide bonds. The first kappa shape index (κ1) is 17.4. The number of carbonyl (C=O) groups excluding carboxylic acids is 1. The highest BCUT2D eigenvalue weighted by atomic mass is 16.2. The highest BCUT2D eigenvalue weighted by Gasteiger charge is 2.43. The topological polar surface area (TPSA) is 63.1 Å². The molecule has 2 bridgehead atoms. The molecular weight excluding hydrogens is 302 g/mol. The van der Waals surface area contributed by atoms with Gasteiger partial charge in [-0.1, -0.05) is 26.0 Å². The molecule has 6 heteroatoms. The normalized spacial score (nSPS) is 29.9. The van der Waals surface area contributed by atoms with Crippen molar-refractivity contribution in [1.29, 1.82) is 0 Å². The molecular formula is C18H31N5O. The average molecular weight is 333 g/mol. The van der Waals surface area contributed by atoms with Crippen LogP contribution in [0.1, 0.15) is 53.2 Å². The fourth-order valence-electron chi connectivity index (χ4n) is 3.96. The van der Waals surface area contributed by atoms with Gasteiger partial charge in [0, 0.05) is 30.2 Å². The van der Waals surface area contributed by atoms with E-state index in [0.29, 0.717) is 12.0 Å². The number of aromatic nitrogens is 3. The van der Waals surface area contributed by atoms with E-state index in [2.05, 4.69) is 47.5 Å². The molecule has 4 rings (SSSR count). The van der Waals surface area contributed by atoms with E-state index < -0.39 is 0 Å². The number of fused-ring (bicyclic) bond motifs is 3. The monoisotopic (exact) mass is 333 g/mol. The van der Waals surface area contributed by atoms with Crippen molar-refractivity contribution >= 4 is 5.91 Å². The highest BCUT2D eigenvalue weighted by molar-refractivity contribution is 5.79. The van der Waals surface area contributed by atoms with E-state index in [-0.39, 0.29) is 23.3 Å². The maximum Gasteiger partial charge on any atom is 0.224 e. The van der Waals surface area contributed by atoms with E-state index in [1.165, 1.54) is 0 Å². The standard InChI is InChI=1S/C18H31N5O/c1-12(2)19-17(24)15-10-22-7-6-13(15)8-14(22)9-23-11-16(20-21-23)18(3,4)5/h11-15H,6-10H2,1-5H3,(H,19,24)/t13-,14+,15-/m0/s1. The molecule has 0 saturated carbocycles. The van der Waals surface area contributed by atoms with Gasteiger partial charge < -0.3 is 5.32 Å². The maximum absolute atomic E-state index is 12.4. The van der Waals surface area contributed by atoms with Crippen LogP contribution in [0.25, 0.3) is 0 Å². The summed E-state index contributed by atoms with van der Waals surface area (Å²) in [6, 6.07) is 0.691. The molecule has 1 N–H and O–H groups in total. The Labute approximate surface area is 145 Å². The van der Waals surface area contributed by atoms with Crippen molar-refractivity contribution in [3.8, 4) is 0 Å². The van der Waals surface area contributed by atoms with Gasteiger partial charge in [0.2, 0.25) is 5.91 Å². The summed E-state index contributed by atoms with van der Waals surface area (Å²) >= 11 is 0.